The zero-order valence-electron chi connectivity index (χ0n) is 12.7. The molecule has 3 nitrogen and oxygen atoms in total. The lowest BCUT2D eigenvalue weighted by Crippen LogP contribution is -2.37. The molecule has 22 heavy (non-hydrogen) atoms. The first-order valence-electron chi connectivity index (χ1n) is 7.76. The Hall–Kier alpha value is -2.13. The smallest absolute Gasteiger partial charge is 0.318 e. The number of benzene rings is 2. The molecule has 0 saturated carbocycles. The molecule has 0 heterocycles. The average Bonchev–Trinajstić information content (AvgIpc) is 2.56. The van der Waals surface area contributed by atoms with Gasteiger partial charge in [0.2, 0.25) is 0 Å². The lowest BCUT2D eigenvalue weighted by atomic mass is 9.71. The van der Waals surface area contributed by atoms with Crippen LogP contribution in [0.3, 0.4) is 0 Å². The van der Waals surface area contributed by atoms with Crippen molar-refractivity contribution >= 4 is 5.97 Å². The molecule has 0 saturated heterocycles. The summed E-state index contributed by atoms with van der Waals surface area (Å²) in [5, 5.41) is 10.1. The molecule has 0 amide bonds. The topological polar surface area (TPSA) is 63.3 Å². The van der Waals surface area contributed by atoms with Crippen LogP contribution in [0, 0.1) is 0 Å². The van der Waals surface area contributed by atoms with Gasteiger partial charge in [0, 0.05) is 0 Å². The zero-order chi connectivity index (χ0) is 15.8. The first kappa shape index (κ1) is 16.2. The van der Waals surface area contributed by atoms with Crippen LogP contribution in [0.1, 0.15) is 36.8 Å². The van der Waals surface area contributed by atoms with Gasteiger partial charge in [-0.1, -0.05) is 73.5 Å². The molecule has 0 unspecified atom stereocenters. The quantitative estimate of drug-likeness (QED) is 0.732. The van der Waals surface area contributed by atoms with E-state index in [9.17, 15) is 9.90 Å². The van der Waals surface area contributed by atoms with Crippen LogP contribution in [0.5, 0.6) is 0 Å². The maximum atomic E-state index is 12.3. The van der Waals surface area contributed by atoms with Gasteiger partial charge < -0.3 is 10.8 Å². The van der Waals surface area contributed by atoms with Crippen molar-refractivity contribution in [2.45, 2.75) is 31.1 Å². The summed E-state index contributed by atoms with van der Waals surface area (Å²) in [6.45, 7) is 0.650. The van der Waals surface area contributed by atoms with E-state index in [4.69, 9.17) is 5.73 Å². The summed E-state index contributed by atoms with van der Waals surface area (Å²) in [7, 11) is 0. The summed E-state index contributed by atoms with van der Waals surface area (Å²) in [5.41, 5.74) is 6.22. The van der Waals surface area contributed by atoms with Crippen LogP contribution < -0.4 is 5.73 Å². The average molecular weight is 297 g/mol. The first-order valence-corrected chi connectivity index (χ1v) is 7.76. The molecule has 2 aromatic rings. The lowest BCUT2D eigenvalue weighted by Gasteiger charge is -2.31. The van der Waals surface area contributed by atoms with Crippen molar-refractivity contribution in [1.82, 2.24) is 0 Å². The summed E-state index contributed by atoms with van der Waals surface area (Å²) in [6.07, 6.45) is 3.30. The third-order valence-corrected chi connectivity index (χ3v) is 4.15. The number of aliphatic carboxylic acids is 1. The summed E-state index contributed by atoms with van der Waals surface area (Å²) in [5.74, 6) is -0.794. The molecule has 0 aliphatic heterocycles. The van der Waals surface area contributed by atoms with Crippen molar-refractivity contribution in [2.24, 2.45) is 5.73 Å². The Morgan fingerprint density at radius 1 is 0.864 bits per heavy atom. The van der Waals surface area contributed by atoms with Crippen LogP contribution in [0.15, 0.2) is 60.7 Å². The monoisotopic (exact) mass is 297 g/mol. The van der Waals surface area contributed by atoms with Crippen molar-refractivity contribution in [2.75, 3.05) is 6.54 Å². The molecule has 3 N–H and O–H groups in total. The Labute approximate surface area is 131 Å². The molecule has 0 atom stereocenters. The zero-order valence-corrected chi connectivity index (χ0v) is 12.7. The summed E-state index contributed by atoms with van der Waals surface area (Å²) >= 11 is 0. The highest BCUT2D eigenvalue weighted by atomic mass is 16.4. The molecule has 0 bridgehead atoms. The third kappa shape index (κ3) is 3.37. The van der Waals surface area contributed by atoms with E-state index in [-0.39, 0.29) is 0 Å². The Morgan fingerprint density at radius 3 is 1.77 bits per heavy atom. The van der Waals surface area contributed by atoms with Crippen LogP contribution in [0.2, 0.25) is 0 Å². The number of carbonyl (C=O) groups is 1. The minimum atomic E-state index is -0.989. The highest BCUT2D eigenvalue weighted by Crippen LogP contribution is 2.37. The van der Waals surface area contributed by atoms with Crippen LogP contribution in [0.25, 0.3) is 0 Å². The normalized spacial score (nSPS) is 11.3. The molecule has 0 aliphatic carbocycles. The Bertz CT molecular complexity index is 541. The van der Waals surface area contributed by atoms with E-state index in [2.05, 4.69) is 0 Å². The van der Waals surface area contributed by atoms with Crippen molar-refractivity contribution in [3.63, 3.8) is 0 Å². The highest BCUT2D eigenvalue weighted by molar-refractivity contribution is 5.86. The van der Waals surface area contributed by atoms with E-state index >= 15 is 0 Å². The minimum Gasteiger partial charge on any atom is -0.480 e. The predicted molar refractivity (Wildman–Crippen MR) is 88.8 cm³/mol. The molecule has 0 fully saturated rings. The van der Waals surface area contributed by atoms with E-state index in [1.807, 2.05) is 60.7 Å². The van der Waals surface area contributed by atoms with Crippen molar-refractivity contribution < 1.29 is 9.90 Å². The number of carboxylic acid groups (broad SMARTS) is 1. The van der Waals surface area contributed by atoms with Gasteiger partial charge in [-0.2, -0.15) is 0 Å². The maximum Gasteiger partial charge on any atom is 0.318 e. The van der Waals surface area contributed by atoms with Gasteiger partial charge in [-0.3, -0.25) is 4.79 Å². The SMILES string of the molecule is NCCCCCC(C(=O)O)(c1ccccc1)c1ccccc1. The molecular weight excluding hydrogens is 274 g/mol. The largest absolute Gasteiger partial charge is 0.480 e. The first-order chi connectivity index (χ1) is 10.7. The molecule has 0 aromatic heterocycles. The Morgan fingerprint density at radius 2 is 1.36 bits per heavy atom. The second kappa shape index (κ2) is 7.76. The van der Waals surface area contributed by atoms with Gasteiger partial charge in [0.1, 0.15) is 5.41 Å². The van der Waals surface area contributed by atoms with Gasteiger partial charge >= 0.3 is 5.97 Å². The van der Waals surface area contributed by atoms with Crippen LogP contribution >= 0.6 is 0 Å². The molecule has 0 spiro atoms. The van der Waals surface area contributed by atoms with E-state index in [0.717, 1.165) is 30.4 Å². The fraction of sp³-hybridized carbons (Fsp3) is 0.316. The second-order valence-electron chi connectivity index (χ2n) is 5.54. The molecular formula is C19H23NO2. The number of rotatable bonds is 8. The van der Waals surface area contributed by atoms with Crippen LogP contribution in [0.4, 0.5) is 0 Å². The Balaban J connectivity index is 2.44. The van der Waals surface area contributed by atoms with E-state index in [0.29, 0.717) is 13.0 Å². The van der Waals surface area contributed by atoms with Crippen LogP contribution in [-0.2, 0) is 10.2 Å². The van der Waals surface area contributed by atoms with Crippen molar-refractivity contribution in [3.05, 3.63) is 71.8 Å². The molecule has 0 radical (unpaired) electrons. The van der Waals surface area contributed by atoms with Gasteiger partial charge in [0.15, 0.2) is 0 Å². The Kier molecular flexibility index (Phi) is 5.73. The number of hydrogen-bond acceptors (Lipinski definition) is 2. The number of hydrogen-bond donors (Lipinski definition) is 2. The predicted octanol–water partition coefficient (Wildman–Crippen LogP) is 3.58. The molecule has 0 aliphatic rings. The lowest BCUT2D eigenvalue weighted by molar-refractivity contribution is -0.142. The van der Waals surface area contributed by atoms with E-state index in [1.54, 1.807) is 0 Å². The highest BCUT2D eigenvalue weighted by Gasteiger charge is 2.41. The standard InChI is InChI=1S/C19H23NO2/c20-15-9-3-8-14-19(18(21)22,16-10-4-1-5-11-16)17-12-6-2-7-13-17/h1-2,4-7,10-13H,3,8-9,14-15,20H2,(H,21,22). The van der Waals surface area contributed by atoms with Crippen molar-refractivity contribution in [3.8, 4) is 0 Å². The molecule has 3 heteroatoms. The van der Waals surface area contributed by atoms with E-state index in [1.165, 1.54) is 0 Å². The molecule has 2 aromatic carbocycles. The van der Waals surface area contributed by atoms with Crippen molar-refractivity contribution in [1.29, 1.82) is 0 Å². The van der Waals surface area contributed by atoms with Gasteiger partial charge in [-0.05, 0) is 30.5 Å². The fourth-order valence-corrected chi connectivity index (χ4v) is 2.97. The van der Waals surface area contributed by atoms with Gasteiger partial charge in [-0.25, -0.2) is 0 Å². The van der Waals surface area contributed by atoms with Gasteiger partial charge in [0.25, 0.3) is 0 Å². The summed E-state index contributed by atoms with van der Waals surface area (Å²) < 4.78 is 0. The molecule has 2 rings (SSSR count). The third-order valence-electron chi connectivity index (χ3n) is 4.15. The van der Waals surface area contributed by atoms with Crippen LogP contribution in [-0.4, -0.2) is 17.6 Å². The summed E-state index contributed by atoms with van der Waals surface area (Å²) in [6, 6.07) is 19.0. The summed E-state index contributed by atoms with van der Waals surface area (Å²) in [4.78, 5) is 12.3. The maximum absolute atomic E-state index is 12.3. The number of carboxylic acids is 1. The molecule has 116 valence electrons. The van der Waals surface area contributed by atoms with Gasteiger partial charge in [-0.15, -0.1) is 0 Å². The second-order valence-corrected chi connectivity index (χ2v) is 5.54. The van der Waals surface area contributed by atoms with Gasteiger partial charge in [0.05, 0.1) is 0 Å². The number of unbranched alkanes of at least 4 members (excludes halogenated alkanes) is 2. The van der Waals surface area contributed by atoms with E-state index < -0.39 is 11.4 Å². The fourth-order valence-electron chi connectivity index (χ4n) is 2.97. The number of nitrogens with two attached hydrogens (primary N) is 1. The minimum absolute atomic E-state index is 0.580.